The van der Waals surface area contributed by atoms with E-state index in [9.17, 15) is 4.79 Å². The van der Waals surface area contributed by atoms with Crippen molar-refractivity contribution in [2.45, 2.75) is 84.4 Å². The predicted molar refractivity (Wildman–Crippen MR) is 117 cm³/mol. The molecule has 1 saturated heterocycles. The third-order valence-corrected chi connectivity index (χ3v) is 9.83. The van der Waals surface area contributed by atoms with Crippen LogP contribution in [0.1, 0.15) is 59.8 Å². The molecule has 0 spiro atoms. The van der Waals surface area contributed by atoms with Crippen LogP contribution in [-0.4, -0.2) is 44.8 Å². The van der Waals surface area contributed by atoms with Crippen molar-refractivity contribution in [3.8, 4) is 0 Å². The fourth-order valence-electron chi connectivity index (χ4n) is 8.31. The smallest absolute Gasteiger partial charge is 0.303 e. The van der Waals surface area contributed by atoms with Crippen LogP contribution in [-0.2, 0) is 23.7 Å². The first-order valence-electron chi connectivity index (χ1n) is 12.0. The molecule has 0 amide bonds. The monoisotopic (exact) mass is 430 g/mol. The van der Waals surface area contributed by atoms with E-state index in [0.29, 0.717) is 23.7 Å². The Bertz CT molecular complexity index is 813. The lowest BCUT2D eigenvalue weighted by Gasteiger charge is -2.54. The van der Waals surface area contributed by atoms with E-state index in [-0.39, 0.29) is 41.4 Å². The molecule has 0 bridgehead atoms. The molecule has 0 radical (unpaired) electrons. The van der Waals surface area contributed by atoms with E-state index >= 15 is 0 Å². The van der Waals surface area contributed by atoms with Crippen LogP contribution in [0.25, 0.3) is 0 Å². The minimum absolute atomic E-state index is 0.0397. The molecule has 172 valence electrons. The molecule has 4 fully saturated rings. The highest BCUT2D eigenvalue weighted by Crippen LogP contribution is 2.68. The van der Waals surface area contributed by atoms with Crippen LogP contribution in [0.2, 0.25) is 0 Å². The summed E-state index contributed by atoms with van der Waals surface area (Å²) in [6, 6.07) is 0. The van der Waals surface area contributed by atoms with Crippen LogP contribution >= 0.6 is 0 Å². The molecule has 0 aromatic carbocycles. The van der Waals surface area contributed by atoms with E-state index < -0.39 is 0 Å². The number of allylic oxidation sites excluding steroid dienone is 3. The molecule has 0 aromatic heterocycles. The lowest BCUT2D eigenvalue weighted by molar-refractivity contribution is -0.156. The third-order valence-electron chi connectivity index (χ3n) is 9.83. The Morgan fingerprint density at radius 2 is 1.87 bits per heavy atom. The van der Waals surface area contributed by atoms with Crippen LogP contribution in [0.5, 0.6) is 0 Å². The zero-order chi connectivity index (χ0) is 22.1. The van der Waals surface area contributed by atoms with E-state index in [4.69, 9.17) is 18.9 Å². The lowest BCUT2D eigenvalue weighted by Crippen LogP contribution is -2.50. The quantitative estimate of drug-likeness (QED) is 0.361. The highest BCUT2D eigenvalue weighted by Gasteiger charge is 2.67. The number of rotatable bonds is 5. The fraction of sp³-hybridized carbons (Fsp3) is 0.808. The number of epoxide rings is 1. The molecule has 9 atom stereocenters. The topological polar surface area (TPSA) is 57.3 Å². The maximum Gasteiger partial charge on any atom is 0.303 e. The third kappa shape index (κ3) is 3.02. The largest absolute Gasteiger partial charge is 0.459 e. The Hall–Kier alpha value is -1.17. The van der Waals surface area contributed by atoms with Gasteiger partial charge in [-0.3, -0.25) is 4.79 Å². The number of hydrogen-bond donors (Lipinski definition) is 0. The van der Waals surface area contributed by atoms with Gasteiger partial charge in [-0.1, -0.05) is 44.1 Å². The van der Waals surface area contributed by atoms with Crippen LogP contribution in [0.4, 0.5) is 0 Å². The molecule has 5 nitrogen and oxygen atoms in total. The molecule has 1 heterocycles. The number of fused-ring (bicyclic) bond motifs is 7. The zero-order valence-corrected chi connectivity index (χ0v) is 19.9. The van der Waals surface area contributed by atoms with Crippen LogP contribution in [0.15, 0.2) is 23.3 Å². The summed E-state index contributed by atoms with van der Waals surface area (Å²) in [7, 11) is 3.51. The summed E-state index contributed by atoms with van der Waals surface area (Å²) in [5, 5.41) is 0. The standard InChI is InChI=1S/C26H38O5/c1-14(24(28-5)29-6)18-9-10-19-17-8-7-16-13-21(30-15(2)27)22-23(31-22)26(16,4)20(17)11-12-25(18,19)3/h7-8,14,18-24H,9-13H2,1-6H3/t14?,18-,19?,20?,21-,22+,23+,25-,26+/m1/s1. The van der Waals surface area contributed by atoms with Crippen molar-refractivity contribution in [1.29, 1.82) is 0 Å². The van der Waals surface area contributed by atoms with Crippen molar-refractivity contribution in [3.05, 3.63) is 23.3 Å². The first-order chi connectivity index (χ1) is 14.8. The van der Waals surface area contributed by atoms with Gasteiger partial charge in [-0.05, 0) is 48.9 Å². The van der Waals surface area contributed by atoms with Gasteiger partial charge in [-0.25, -0.2) is 0 Å². The predicted octanol–water partition coefficient (Wildman–Crippen LogP) is 4.66. The first kappa shape index (κ1) is 21.7. The van der Waals surface area contributed by atoms with Gasteiger partial charge in [0.05, 0.1) is 6.10 Å². The molecule has 1 aliphatic heterocycles. The van der Waals surface area contributed by atoms with Crippen LogP contribution in [0, 0.1) is 34.5 Å². The minimum Gasteiger partial charge on any atom is -0.459 e. The van der Waals surface area contributed by atoms with Crippen molar-refractivity contribution in [3.63, 3.8) is 0 Å². The van der Waals surface area contributed by atoms with Gasteiger partial charge in [-0.2, -0.15) is 0 Å². The second-order valence-corrected chi connectivity index (χ2v) is 11.0. The summed E-state index contributed by atoms with van der Waals surface area (Å²) in [6.07, 6.45) is 10.5. The molecular formula is C26H38O5. The number of esters is 1. The summed E-state index contributed by atoms with van der Waals surface area (Å²) in [6.45, 7) is 8.72. The first-order valence-corrected chi connectivity index (χ1v) is 12.0. The number of carbonyl (C=O) groups excluding carboxylic acids is 1. The van der Waals surface area contributed by atoms with Crippen molar-refractivity contribution in [1.82, 2.24) is 0 Å². The van der Waals surface area contributed by atoms with Gasteiger partial charge in [-0.15, -0.1) is 0 Å². The van der Waals surface area contributed by atoms with Gasteiger partial charge in [0.25, 0.3) is 0 Å². The fourth-order valence-corrected chi connectivity index (χ4v) is 8.31. The summed E-state index contributed by atoms with van der Waals surface area (Å²) in [5.41, 5.74) is 3.38. The lowest BCUT2D eigenvalue weighted by atomic mass is 9.50. The van der Waals surface area contributed by atoms with Crippen molar-refractivity contribution < 1.29 is 23.7 Å². The Balaban J connectivity index is 1.43. The van der Waals surface area contributed by atoms with Crippen LogP contribution < -0.4 is 0 Å². The van der Waals surface area contributed by atoms with Crippen LogP contribution in [0.3, 0.4) is 0 Å². The molecule has 3 saturated carbocycles. The van der Waals surface area contributed by atoms with Crippen molar-refractivity contribution >= 4 is 5.97 Å². The second kappa shape index (κ2) is 7.43. The van der Waals surface area contributed by atoms with Gasteiger partial charge in [0.2, 0.25) is 0 Å². The van der Waals surface area contributed by atoms with Gasteiger partial charge in [0.15, 0.2) is 6.29 Å². The normalized spacial score (nSPS) is 46.2. The Morgan fingerprint density at radius 3 is 2.55 bits per heavy atom. The van der Waals surface area contributed by atoms with E-state index in [1.54, 1.807) is 19.8 Å². The van der Waals surface area contributed by atoms with E-state index in [0.717, 1.165) is 6.42 Å². The molecule has 0 N–H and O–H groups in total. The molecular weight excluding hydrogens is 392 g/mol. The minimum atomic E-state index is -0.208. The molecule has 0 aromatic rings. The molecule has 4 aliphatic carbocycles. The number of carbonyl (C=O) groups is 1. The summed E-state index contributed by atoms with van der Waals surface area (Å²) >= 11 is 0. The van der Waals surface area contributed by atoms with Crippen molar-refractivity contribution in [2.24, 2.45) is 34.5 Å². The maximum absolute atomic E-state index is 11.6. The van der Waals surface area contributed by atoms with E-state index in [2.05, 4.69) is 32.9 Å². The second-order valence-electron chi connectivity index (χ2n) is 11.0. The summed E-state index contributed by atoms with van der Waals surface area (Å²) < 4.78 is 23.1. The Morgan fingerprint density at radius 1 is 1.13 bits per heavy atom. The van der Waals surface area contributed by atoms with Gasteiger partial charge in [0.1, 0.15) is 12.2 Å². The van der Waals surface area contributed by atoms with Gasteiger partial charge >= 0.3 is 5.97 Å². The molecule has 31 heavy (non-hydrogen) atoms. The zero-order valence-electron chi connectivity index (χ0n) is 19.9. The molecule has 5 aliphatic rings. The Labute approximate surface area is 186 Å². The Kier molecular flexibility index (Phi) is 5.19. The van der Waals surface area contributed by atoms with Gasteiger partial charge in [0, 0.05) is 38.9 Å². The molecule has 5 heteroatoms. The molecule has 5 rings (SSSR count). The SMILES string of the molecule is COC(OC)C(C)[C@H]1CCC2C3=CC=C4C[C@@H](OC(C)=O)[C@@H]5O[C@@H]5[C@]4(C)C3CC[C@@]21C. The average molecular weight is 431 g/mol. The summed E-state index contributed by atoms with van der Waals surface area (Å²) in [4.78, 5) is 11.6. The highest BCUT2D eigenvalue weighted by molar-refractivity contribution is 5.66. The highest BCUT2D eigenvalue weighted by atomic mass is 16.7. The van der Waals surface area contributed by atoms with E-state index in [1.165, 1.54) is 38.2 Å². The van der Waals surface area contributed by atoms with E-state index in [1.807, 2.05) is 0 Å². The van der Waals surface area contributed by atoms with Crippen molar-refractivity contribution in [2.75, 3.05) is 14.2 Å². The maximum atomic E-state index is 11.6. The number of hydrogen-bond acceptors (Lipinski definition) is 5. The summed E-state index contributed by atoms with van der Waals surface area (Å²) in [5.74, 6) is 1.93. The average Bonchev–Trinajstić information content (AvgIpc) is 3.46. The number of ether oxygens (including phenoxy) is 4. The molecule has 3 unspecified atom stereocenters. The number of methoxy groups -OCH3 is 2. The van der Waals surface area contributed by atoms with Gasteiger partial charge < -0.3 is 18.9 Å².